The zero-order valence-corrected chi connectivity index (χ0v) is 7.07. The first-order valence-electron chi connectivity index (χ1n) is 3.92. The van der Waals surface area contributed by atoms with E-state index >= 15 is 0 Å². The van der Waals surface area contributed by atoms with E-state index in [1.54, 1.807) is 0 Å². The van der Waals surface area contributed by atoms with Crippen LogP contribution < -0.4 is 5.73 Å². The molecule has 12 heavy (non-hydrogen) atoms. The molecule has 0 aliphatic carbocycles. The van der Waals surface area contributed by atoms with Gasteiger partial charge < -0.3 is 15.5 Å². The van der Waals surface area contributed by atoms with Crippen molar-refractivity contribution in [2.75, 3.05) is 0 Å². The first-order chi connectivity index (χ1) is 5.79. The summed E-state index contributed by atoms with van der Waals surface area (Å²) in [7, 11) is 0. The Kier molecular flexibility index (Phi) is 2.74. The Hall–Kier alpha value is -1.45. The number of amidine groups is 1. The third-order valence-corrected chi connectivity index (χ3v) is 1.66. The molecular formula is C8H13N3O. The van der Waals surface area contributed by atoms with Crippen molar-refractivity contribution in [3.63, 3.8) is 0 Å². The molecule has 0 amide bonds. The highest BCUT2D eigenvalue weighted by Gasteiger charge is 2.03. The molecule has 1 heterocycles. The average molecular weight is 167 g/mol. The highest BCUT2D eigenvalue weighted by atomic mass is 16.4. The topological polar surface area (TPSA) is 63.5 Å². The fourth-order valence-corrected chi connectivity index (χ4v) is 1.13. The lowest BCUT2D eigenvalue weighted by Gasteiger charge is -2.04. The first-order valence-corrected chi connectivity index (χ1v) is 3.92. The molecule has 0 spiro atoms. The van der Waals surface area contributed by atoms with Gasteiger partial charge in [0.15, 0.2) is 5.84 Å². The fraction of sp³-hybridized carbons (Fsp3) is 0.375. The smallest absolute Gasteiger partial charge is 0.186 e. The Morgan fingerprint density at radius 2 is 2.50 bits per heavy atom. The first kappa shape index (κ1) is 8.64. The van der Waals surface area contributed by atoms with E-state index in [0.717, 1.165) is 18.7 Å². The van der Waals surface area contributed by atoms with Crippen molar-refractivity contribution in [3.8, 4) is 0 Å². The summed E-state index contributed by atoms with van der Waals surface area (Å²) in [4.78, 5) is 0. The van der Waals surface area contributed by atoms with Crippen molar-refractivity contribution >= 4 is 5.84 Å². The Bertz CT molecular complexity index is 278. The number of nitrogens with zero attached hydrogens (tertiary/aromatic N) is 2. The second kappa shape index (κ2) is 3.80. The van der Waals surface area contributed by atoms with E-state index in [-0.39, 0.29) is 5.84 Å². The number of oxime groups is 1. The molecule has 0 aliphatic heterocycles. The van der Waals surface area contributed by atoms with Crippen LogP contribution in [0.4, 0.5) is 0 Å². The molecule has 4 heteroatoms. The van der Waals surface area contributed by atoms with Gasteiger partial charge in [-0.05, 0) is 18.6 Å². The van der Waals surface area contributed by atoms with Crippen molar-refractivity contribution < 1.29 is 5.21 Å². The zero-order valence-electron chi connectivity index (χ0n) is 7.07. The van der Waals surface area contributed by atoms with Gasteiger partial charge in [-0.2, -0.15) is 0 Å². The summed E-state index contributed by atoms with van der Waals surface area (Å²) in [5, 5.41) is 11.4. The van der Waals surface area contributed by atoms with E-state index in [0.29, 0.717) is 0 Å². The summed E-state index contributed by atoms with van der Waals surface area (Å²) >= 11 is 0. The molecule has 3 N–H and O–H groups in total. The lowest BCUT2D eigenvalue weighted by atomic mass is 10.4. The molecule has 0 unspecified atom stereocenters. The number of aryl methyl sites for hydroxylation is 1. The van der Waals surface area contributed by atoms with Crippen molar-refractivity contribution in [2.45, 2.75) is 19.9 Å². The van der Waals surface area contributed by atoms with E-state index in [1.807, 2.05) is 22.9 Å². The molecule has 0 radical (unpaired) electrons. The molecule has 0 bridgehead atoms. The van der Waals surface area contributed by atoms with Gasteiger partial charge in [0.2, 0.25) is 0 Å². The standard InChI is InChI=1S/C8H13N3O/c1-2-5-11-6-3-4-7(11)8(9)10-12/h3-4,6,12H,2,5H2,1H3,(H2,9,10). The molecule has 1 rings (SSSR count). The summed E-state index contributed by atoms with van der Waals surface area (Å²) in [5.41, 5.74) is 6.21. The maximum atomic E-state index is 8.45. The van der Waals surface area contributed by atoms with Gasteiger partial charge in [0, 0.05) is 12.7 Å². The molecule has 0 fully saturated rings. The van der Waals surface area contributed by atoms with Crippen LogP contribution in [0.3, 0.4) is 0 Å². The van der Waals surface area contributed by atoms with Gasteiger partial charge in [-0.1, -0.05) is 12.1 Å². The van der Waals surface area contributed by atoms with Gasteiger partial charge in [0.05, 0.1) is 5.69 Å². The number of nitrogens with two attached hydrogens (primary N) is 1. The second-order valence-electron chi connectivity index (χ2n) is 2.57. The van der Waals surface area contributed by atoms with E-state index in [2.05, 4.69) is 12.1 Å². The summed E-state index contributed by atoms with van der Waals surface area (Å²) in [6.45, 7) is 2.97. The van der Waals surface area contributed by atoms with Crippen LogP contribution in [0.2, 0.25) is 0 Å². The van der Waals surface area contributed by atoms with Gasteiger partial charge in [-0.25, -0.2) is 0 Å². The van der Waals surface area contributed by atoms with Crippen LogP contribution in [0.15, 0.2) is 23.5 Å². The van der Waals surface area contributed by atoms with Crippen LogP contribution >= 0.6 is 0 Å². The molecule has 0 atom stereocenters. The number of rotatable bonds is 3. The van der Waals surface area contributed by atoms with E-state index in [9.17, 15) is 0 Å². The summed E-state index contributed by atoms with van der Waals surface area (Å²) in [6, 6.07) is 3.70. The SMILES string of the molecule is CCCn1cccc1/C(N)=N/O. The third kappa shape index (κ3) is 1.58. The fourth-order valence-electron chi connectivity index (χ4n) is 1.13. The van der Waals surface area contributed by atoms with Gasteiger partial charge in [-0.15, -0.1) is 0 Å². The molecule has 1 aromatic rings. The predicted molar refractivity (Wildman–Crippen MR) is 47.2 cm³/mol. The lowest BCUT2D eigenvalue weighted by molar-refractivity contribution is 0.318. The van der Waals surface area contributed by atoms with Gasteiger partial charge in [0.25, 0.3) is 0 Å². The largest absolute Gasteiger partial charge is 0.409 e. The number of hydrogen-bond donors (Lipinski definition) is 2. The quantitative estimate of drug-likeness (QED) is 0.305. The number of aromatic nitrogens is 1. The van der Waals surface area contributed by atoms with Crippen molar-refractivity contribution in [3.05, 3.63) is 24.0 Å². The summed E-state index contributed by atoms with van der Waals surface area (Å²) in [6.07, 6.45) is 2.94. The van der Waals surface area contributed by atoms with Crippen molar-refractivity contribution in [2.24, 2.45) is 10.9 Å². The van der Waals surface area contributed by atoms with Gasteiger partial charge in [0.1, 0.15) is 0 Å². The zero-order chi connectivity index (χ0) is 8.97. The van der Waals surface area contributed by atoms with Crippen LogP contribution in [0.1, 0.15) is 19.0 Å². The molecule has 66 valence electrons. The second-order valence-corrected chi connectivity index (χ2v) is 2.57. The van der Waals surface area contributed by atoms with Crippen LogP contribution in [0.25, 0.3) is 0 Å². The predicted octanol–water partition coefficient (Wildman–Crippen LogP) is 0.993. The molecule has 0 saturated heterocycles. The van der Waals surface area contributed by atoms with E-state index < -0.39 is 0 Å². The van der Waals surface area contributed by atoms with E-state index in [4.69, 9.17) is 10.9 Å². The Morgan fingerprint density at radius 3 is 3.08 bits per heavy atom. The summed E-state index contributed by atoms with van der Waals surface area (Å²) in [5.74, 6) is 0.161. The normalized spacial score (nSPS) is 11.9. The average Bonchev–Trinajstić information content (AvgIpc) is 2.52. The molecular weight excluding hydrogens is 154 g/mol. The molecule has 0 aromatic carbocycles. The highest BCUT2D eigenvalue weighted by Crippen LogP contribution is 2.02. The molecule has 1 aromatic heterocycles. The minimum absolute atomic E-state index is 0.161. The monoisotopic (exact) mass is 167 g/mol. The number of hydrogen-bond acceptors (Lipinski definition) is 2. The molecule has 0 aliphatic rings. The van der Waals surface area contributed by atoms with Crippen LogP contribution in [-0.2, 0) is 6.54 Å². The Morgan fingerprint density at radius 1 is 1.75 bits per heavy atom. The van der Waals surface area contributed by atoms with Crippen molar-refractivity contribution in [1.29, 1.82) is 0 Å². The van der Waals surface area contributed by atoms with Crippen LogP contribution in [0.5, 0.6) is 0 Å². The van der Waals surface area contributed by atoms with E-state index in [1.165, 1.54) is 0 Å². The van der Waals surface area contributed by atoms with Gasteiger partial charge >= 0.3 is 0 Å². The molecule has 0 saturated carbocycles. The van der Waals surface area contributed by atoms with Crippen LogP contribution in [-0.4, -0.2) is 15.6 Å². The minimum atomic E-state index is 0.161. The lowest BCUT2D eigenvalue weighted by Crippen LogP contribution is -2.17. The Labute approximate surface area is 71.3 Å². The molecule has 4 nitrogen and oxygen atoms in total. The Balaban J connectivity index is 2.91. The maximum Gasteiger partial charge on any atom is 0.186 e. The van der Waals surface area contributed by atoms with Crippen LogP contribution in [0, 0.1) is 0 Å². The minimum Gasteiger partial charge on any atom is -0.409 e. The van der Waals surface area contributed by atoms with Gasteiger partial charge in [-0.3, -0.25) is 0 Å². The third-order valence-electron chi connectivity index (χ3n) is 1.66. The maximum absolute atomic E-state index is 8.45. The van der Waals surface area contributed by atoms with Crippen molar-refractivity contribution in [1.82, 2.24) is 4.57 Å². The summed E-state index contributed by atoms with van der Waals surface area (Å²) < 4.78 is 1.95. The highest BCUT2D eigenvalue weighted by molar-refractivity contribution is 5.95.